The summed E-state index contributed by atoms with van der Waals surface area (Å²) in [5.41, 5.74) is 0. The zero-order chi connectivity index (χ0) is 11.2. The molecule has 0 amide bonds. The number of hydrogen-bond acceptors (Lipinski definition) is 2. The van der Waals surface area contributed by atoms with Crippen LogP contribution in [-0.4, -0.2) is 13.7 Å². The standard InChI is InChI=1S/C10H21NO2S/c1-4-6-8-10(14(11,12)13)9(3)7-5-2/h5,9-10H,2,4,6-8H2,1,3H3,(H2,11,12,13)/t9-,10+/m1/s1. The topological polar surface area (TPSA) is 60.2 Å². The van der Waals surface area contributed by atoms with Gasteiger partial charge in [-0.1, -0.05) is 32.8 Å². The first-order chi connectivity index (χ1) is 6.43. The SMILES string of the molecule is C=CC[C@@H](C)[C@H](CCCC)S(N)(=O)=O. The molecule has 0 fully saturated rings. The number of nitrogens with two attached hydrogens (primary N) is 1. The Hall–Kier alpha value is -0.350. The van der Waals surface area contributed by atoms with Crippen LogP contribution in [0.15, 0.2) is 12.7 Å². The van der Waals surface area contributed by atoms with E-state index in [0.29, 0.717) is 12.8 Å². The van der Waals surface area contributed by atoms with Crippen molar-refractivity contribution in [1.29, 1.82) is 0 Å². The van der Waals surface area contributed by atoms with Crippen molar-refractivity contribution >= 4 is 10.0 Å². The van der Waals surface area contributed by atoms with E-state index in [-0.39, 0.29) is 5.92 Å². The minimum Gasteiger partial charge on any atom is -0.228 e. The zero-order valence-corrected chi connectivity index (χ0v) is 9.89. The molecule has 0 aromatic rings. The van der Waals surface area contributed by atoms with Crippen LogP contribution in [0, 0.1) is 5.92 Å². The number of rotatable bonds is 7. The van der Waals surface area contributed by atoms with Gasteiger partial charge < -0.3 is 0 Å². The third-order valence-corrected chi connectivity index (χ3v) is 3.98. The van der Waals surface area contributed by atoms with E-state index in [9.17, 15) is 8.42 Å². The van der Waals surface area contributed by atoms with Crippen LogP contribution in [0.2, 0.25) is 0 Å². The fourth-order valence-corrected chi connectivity index (χ4v) is 2.85. The summed E-state index contributed by atoms with van der Waals surface area (Å²) in [6.07, 6.45) is 5.00. The van der Waals surface area contributed by atoms with E-state index >= 15 is 0 Å². The maximum atomic E-state index is 11.3. The van der Waals surface area contributed by atoms with Gasteiger partial charge in [0.1, 0.15) is 0 Å². The van der Waals surface area contributed by atoms with Gasteiger partial charge in [0.15, 0.2) is 0 Å². The molecule has 0 aromatic carbocycles. The van der Waals surface area contributed by atoms with Gasteiger partial charge in [-0.2, -0.15) is 0 Å². The van der Waals surface area contributed by atoms with Crippen molar-refractivity contribution in [1.82, 2.24) is 0 Å². The maximum absolute atomic E-state index is 11.3. The zero-order valence-electron chi connectivity index (χ0n) is 9.07. The molecule has 0 aliphatic carbocycles. The summed E-state index contributed by atoms with van der Waals surface area (Å²) in [5, 5.41) is 4.77. The quantitative estimate of drug-likeness (QED) is 0.666. The second-order valence-corrected chi connectivity index (χ2v) is 5.55. The van der Waals surface area contributed by atoms with Crippen LogP contribution in [-0.2, 0) is 10.0 Å². The van der Waals surface area contributed by atoms with E-state index in [1.807, 2.05) is 13.8 Å². The summed E-state index contributed by atoms with van der Waals surface area (Å²) >= 11 is 0. The average Bonchev–Trinajstić information content (AvgIpc) is 2.03. The highest BCUT2D eigenvalue weighted by molar-refractivity contribution is 7.89. The highest BCUT2D eigenvalue weighted by Gasteiger charge is 2.26. The summed E-state index contributed by atoms with van der Waals surface area (Å²) in [5.74, 6) is 0.0639. The molecule has 84 valence electrons. The average molecular weight is 219 g/mol. The monoisotopic (exact) mass is 219 g/mol. The van der Waals surface area contributed by atoms with Gasteiger partial charge in [-0.25, -0.2) is 13.6 Å². The Bertz CT molecular complexity index is 259. The van der Waals surface area contributed by atoms with Gasteiger partial charge >= 0.3 is 0 Å². The lowest BCUT2D eigenvalue weighted by Gasteiger charge is -2.20. The third kappa shape index (κ3) is 4.77. The van der Waals surface area contributed by atoms with Crippen molar-refractivity contribution in [2.45, 2.75) is 44.8 Å². The number of unbranched alkanes of at least 4 members (excludes halogenated alkanes) is 1. The molecule has 0 spiro atoms. The van der Waals surface area contributed by atoms with Gasteiger partial charge in [0, 0.05) is 0 Å². The molecule has 0 aromatic heterocycles. The second kappa shape index (κ2) is 6.19. The molecular weight excluding hydrogens is 198 g/mol. The van der Waals surface area contributed by atoms with Gasteiger partial charge in [0.25, 0.3) is 0 Å². The van der Waals surface area contributed by atoms with Gasteiger partial charge in [0.2, 0.25) is 10.0 Å². The molecule has 0 rings (SSSR count). The Kier molecular flexibility index (Phi) is 6.04. The van der Waals surface area contributed by atoms with Crippen LogP contribution in [0.4, 0.5) is 0 Å². The fraction of sp³-hybridized carbons (Fsp3) is 0.800. The van der Waals surface area contributed by atoms with E-state index in [0.717, 1.165) is 12.8 Å². The van der Waals surface area contributed by atoms with Crippen molar-refractivity contribution in [2.24, 2.45) is 11.1 Å². The van der Waals surface area contributed by atoms with Crippen molar-refractivity contribution in [3.8, 4) is 0 Å². The van der Waals surface area contributed by atoms with E-state index in [1.54, 1.807) is 6.08 Å². The highest BCUT2D eigenvalue weighted by atomic mass is 32.2. The van der Waals surface area contributed by atoms with E-state index in [2.05, 4.69) is 6.58 Å². The van der Waals surface area contributed by atoms with Crippen molar-refractivity contribution < 1.29 is 8.42 Å². The lowest BCUT2D eigenvalue weighted by atomic mass is 9.99. The van der Waals surface area contributed by atoms with E-state index < -0.39 is 15.3 Å². The molecule has 0 heterocycles. The molecule has 3 nitrogen and oxygen atoms in total. The van der Waals surface area contributed by atoms with Gasteiger partial charge in [-0.15, -0.1) is 6.58 Å². The molecule has 4 heteroatoms. The lowest BCUT2D eigenvalue weighted by molar-refractivity contribution is 0.478. The first-order valence-corrected chi connectivity index (χ1v) is 6.66. The molecule has 0 saturated carbocycles. The minimum absolute atomic E-state index is 0.0639. The molecule has 0 saturated heterocycles. The molecule has 0 aliphatic rings. The van der Waals surface area contributed by atoms with Gasteiger partial charge in [-0.05, 0) is 18.8 Å². The Morgan fingerprint density at radius 3 is 2.43 bits per heavy atom. The van der Waals surface area contributed by atoms with Gasteiger partial charge in [-0.3, -0.25) is 0 Å². The number of allylic oxidation sites excluding steroid dienone is 1. The summed E-state index contributed by atoms with van der Waals surface area (Å²) in [7, 11) is -3.41. The summed E-state index contributed by atoms with van der Waals surface area (Å²) in [4.78, 5) is 0. The summed E-state index contributed by atoms with van der Waals surface area (Å²) < 4.78 is 22.6. The Morgan fingerprint density at radius 2 is 2.07 bits per heavy atom. The Morgan fingerprint density at radius 1 is 1.50 bits per heavy atom. The third-order valence-electron chi connectivity index (χ3n) is 2.44. The molecule has 0 radical (unpaired) electrons. The summed E-state index contributed by atoms with van der Waals surface area (Å²) in [6, 6.07) is 0. The minimum atomic E-state index is -3.41. The van der Waals surface area contributed by atoms with Crippen LogP contribution >= 0.6 is 0 Å². The molecule has 0 aliphatic heterocycles. The smallest absolute Gasteiger partial charge is 0.212 e. The van der Waals surface area contributed by atoms with Crippen LogP contribution in [0.25, 0.3) is 0 Å². The number of hydrogen-bond donors (Lipinski definition) is 1. The van der Waals surface area contributed by atoms with Crippen molar-refractivity contribution in [3.05, 3.63) is 12.7 Å². The highest BCUT2D eigenvalue weighted by Crippen LogP contribution is 2.20. The fourth-order valence-electron chi connectivity index (χ4n) is 1.59. The predicted octanol–water partition coefficient (Wildman–Crippen LogP) is 2.05. The Labute approximate surface area is 87.4 Å². The van der Waals surface area contributed by atoms with E-state index in [1.165, 1.54) is 0 Å². The Balaban J connectivity index is 4.46. The number of primary sulfonamides is 1. The molecule has 2 atom stereocenters. The first-order valence-electron chi connectivity index (χ1n) is 5.06. The van der Waals surface area contributed by atoms with Crippen LogP contribution < -0.4 is 5.14 Å². The first kappa shape index (κ1) is 13.7. The molecule has 0 unspecified atom stereocenters. The second-order valence-electron chi connectivity index (χ2n) is 3.77. The predicted molar refractivity (Wildman–Crippen MR) is 60.4 cm³/mol. The molecule has 2 N–H and O–H groups in total. The van der Waals surface area contributed by atoms with Crippen LogP contribution in [0.5, 0.6) is 0 Å². The molecule has 0 bridgehead atoms. The van der Waals surface area contributed by atoms with Crippen molar-refractivity contribution in [3.63, 3.8) is 0 Å². The maximum Gasteiger partial charge on any atom is 0.212 e. The lowest BCUT2D eigenvalue weighted by Crippen LogP contribution is -2.33. The van der Waals surface area contributed by atoms with Gasteiger partial charge in [0.05, 0.1) is 5.25 Å². The molecule has 14 heavy (non-hydrogen) atoms. The summed E-state index contributed by atoms with van der Waals surface area (Å²) in [6.45, 7) is 7.56. The van der Waals surface area contributed by atoms with E-state index in [4.69, 9.17) is 5.14 Å². The normalized spacial score (nSPS) is 16.2. The van der Waals surface area contributed by atoms with Crippen molar-refractivity contribution in [2.75, 3.05) is 0 Å². The van der Waals surface area contributed by atoms with Crippen LogP contribution in [0.1, 0.15) is 39.5 Å². The molecular formula is C10H21NO2S. The largest absolute Gasteiger partial charge is 0.228 e. The van der Waals surface area contributed by atoms with Crippen LogP contribution in [0.3, 0.4) is 0 Å². The number of sulfonamides is 1.